The maximum Gasteiger partial charge on any atom is 0.573 e. The fourth-order valence-corrected chi connectivity index (χ4v) is 6.46. The van der Waals surface area contributed by atoms with Crippen LogP contribution in [-0.4, -0.2) is 50.7 Å². The van der Waals surface area contributed by atoms with Crippen LogP contribution in [0.1, 0.15) is 49.3 Å². The van der Waals surface area contributed by atoms with E-state index in [1.54, 1.807) is 11.8 Å². The number of benzene rings is 3. The van der Waals surface area contributed by atoms with Crippen LogP contribution in [0.5, 0.6) is 5.75 Å². The summed E-state index contributed by atoms with van der Waals surface area (Å²) < 4.78 is 42.7. The number of amides is 2. The first-order chi connectivity index (χ1) is 21.5. The molecule has 4 aromatic rings. The molecule has 45 heavy (non-hydrogen) atoms. The van der Waals surface area contributed by atoms with Crippen molar-refractivity contribution < 1.29 is 22.7 Å². The van der Waals surface area contributed by atoms with Gasteiger partial charge in [0, 0.05) is 29.6 Å². The number of anilines is 1. The lowest BCUT2D eigenvalue weighted by atomic mass is 9.96. The molecule has 12 heteroatoms. The molecule has 0 radical (unpaired) electrons. The van der Waals surface area contributed by atoms with E-state index in [0.717, 1.165) is 51.7 Å². The van der Waals surface area contributed by atoms with Crippen molar-refractivity contribution >= 4 is 28.6 Å². The predicted octanol–water partition coefficient (Wildman–Crippen LogP) is 8.04. The van der Waals surface area contributed by atoms with Crippen molar-refractivity contribution in [3.05, 3.63) is 89.7 Å². The normalized spacial score (nSPS) is 16.9. The van der Waals surface area contributed by atoms with Gasteiger partial charge in [-0.2, -0.15) is 4.99 Å². The van der Waals surface area contributed by atoms with Gasteiger partial charge in [-0.1, -0.05) is 61.2 Å². The van der Waals surface area contributed by atoms with Crippen LogP contribution in [0.3, 0.4) is 0 Å². The number of halogens is 3. The second kappa shape index (κ2) is 13.8. The van der Waals surface area contributed by atoms with E-state index in [0.29, 0.717) is 18.1 Å². The zero-order chi connectivity index (χ0) is 32.1. The minimum atomic E-state index is -4.74. The highest BCUT2D eigenvalue weighted by molar-refractivity contribution is 8.14. The predicted molar refractivity (Wildman–Crippen MR) is 172 cm³/mol. The van der Waals surface area contributed by atoms with Crippen molar-refractivity contribution in [2.45, 2.75) is 58.9 Å². The number of nitrogens with zero attached hydrogens (tertiary/aromatic N) is 5. The number of hydrogen-bond acceptors (Lipinski definition) is 5. The van der Waals surface area contributed by atoms with Gasteiger partial charge in [0.1, 0.15) is 12.1 Å². The van der Waals surface area contributed by atoms with Gasteiger partial charge in [0.25, 0.3) is 0 Å². The second-order valence-electron chi connectivity index (χ2n) is 11.1. The summed E-state index contributed by atoms with van der Waals surface area (Å²) in [5.74, 6) is 1.29. The highest BCUT2D eigenvalue weighted by Gasteiger charge is 2.31. The standard InChI is InChI=1S/C33H35F3N6O2S/c1-21(16-18-37-31(43)39-32-42(24(4)17-19-45-32)29-22(2)6-5-7-23(29)3)25-8-10-26(11-9-25)30-38-20-41(40-30)27-12-14-28(15-13-27)44-33(34,35)36/h5-15,20-21,24H,16-19H2,1-4H3,(H,37,43)/b39-32-. The third-order valence-electron chi connectivity index (χ3n) is 7.71. The number of nitrogens with one attached hydrogen (secondary N) is 1. The van der Waals surface area contributed by atoms with E-state index in [-0.39, 0.29) is 23.7 Å². The van der Waals surface area contributed by atoms with Gasteiger partial charge in [-0.25, -0.2) is 14.5 Å². The lowest BCUT2D eigenvalue weighted by Crippen LogP contribution is -2.43. The van der Waals surface area contributed by atoms with Crippen LogP contribution >= 0.6 is 11.8 Å². The summed E-state index contributed by atoms with van der Waals surface area (Å²) in [4.78, 5) is 23.9. The van der Waals surface area contributed by atoms with E-state index in [2.05, 4.69) is 69.9 Å². The molecule has 1 N–H and O–H groups in total. The first-order valence-corrected chi connectivity index (χ1v) is 15.7. The van der Waals surface area contributed by atoms with Gasteiger partial charge >= 0.3 is 12.4 Å². The van der Waals surface area contributed by atoms with Crippen LogP contribution in [0.15, 0.2) is 78.0 Å². The fraction of sp³-hybridized carbons (Fsp3) is 0.333. The molecule has 1 aromatic heterocycles. The molecular weight excluding hydrogens is 601 g/mol. The third-order valence-corrected chi connectivity index (χ3v) is 8.70. The number of aliphatic imine (C=N–C) groups is 1. The average molecular weight is 637 g/mol. The molecule has 5 rings (SSSR count). The Balaban J connectivity index is 1.16. The lowest BCUT2D eigenvalue weighted by Gasteiger charge is -2.37. The molecule has 0 spiro atoms. The highest BCUT2D eigenvalue weighted by Crippen LogP contribution is 2.34. The third kappa shape index (κ3) is 8.05. The van der Waals surface area contributed by atoms with Crippen molar-refractivity contribution in [1.82, 2.24) is 20.1 Å². The molecule has 8 nitrogen and oxygen atoms in total. The monoisotopic (exact) mass is 636 g/mol. The summed E-state index contributed by atoms with van der Waals surface area (Å²) in [6, 6.07) is 19.4. The molecule has 2 amide bonds. The van der Waals surface area contributed by atoms with Crippen molar-refractivity contribution in [3.63, 3.8) is 0 Å². The average Bonchev–Trinajstić information content (AvgIpc) is 3.48. The number of urea groups is 1. The number of amidine groups is 1. The lowest BCUT2D eigenvalue weighted by molar-refractivity contribution is -0.274. The number of carbonyl (C=O) groups excluding carboxylic acids is 1. The maximum absolute atomic E-state index is 12.9. The number of carbonyl (C=O) groups is 1. The van der Waals surface area contributed by atoms with E-state index in [1.807, 2.05) is 30.3 Å². The van der Waals surface area contributed by atoms with Crippen LogP contribution in [0.4, 0.5) is 23.7 Å². The van der Waals surface area contributed by atoms with Crippen LogP contribution < -0.4 is 15.0 Å². The number of thioether (sulfide) groups is 1. The Morgan fingerprint density at radius 1 is 1.09 bits per heavy atom. The highest BCUT2D eigenvalue weighted by atomic mass is 32.2. The van der Waals surface area contributed by atoms with Gasteiger partial charge in [-0.15, -0.1) is 18.3 Å². The summed E-state index contributed by atoms with van der Waals surface area (Å²) in [6.45, 7) is 8.94. The molecule has 0 saturated carbocycles. The molecular formula is C33H35F3N6O2S. The molecule has 0 aliphatic carbocycles. The number of para-hydroxylation sites is 1. The Kier molecular flexibility index (Phi) is 9.81. The van der Waals surface area contributed by atoms with Gasteiger partial charge in [0.05, 0.1) is 5.69 Å². The second-order valence-corrected chi connectivity index (χ2v) is 12.2. The fourth-order valence-electron chi connectivity index (χ4n) is 5.27. The first kappa shape index (κ1) is 32.1. The minimum absolute atomic E-state index is 0.185. The van der Waals surface area contributed by atoms with Gasteiger partial charge in [-0.3, -0.25) is 0 Å². The number of hydrogen-bond donors (Lipinski definition) is 1. The van der Waals surface area contributed by atoms with Gasteiger partial charge in [-0.05, 0) is 80.5 Å². The Bertz CT molecular complexity index is 1630. The molecule has 236 valence electrons. The Morgan fingerprint density at radius 3 is 2.44 bits per heavy atom. The topological polar surface area (TPSA) is 84.6 Å². The molecule has 1 aliphatic rings. The van der Waals surface area contributed by atoms with Crippen molar-refractivity contribution in [1.29, 1.82) is 0 Å². The summed E-state index contributed by atoms with van der Waals surface area (Å²) in [5.41, 5.74) is 5.91. The Hall–Kier alpha value is -4.32. The summed E-state index contributed by atoms with van der Waals surface area (Å²) in [6.07, 6.45) is -1.48. The van der Waals surface area contributed by atoms with Crippen molar-refractivity contribution in [3.8, 4) is 22.8 Å². The molecule has 1 aliphatic heterocycles. The van der Waals surface area contributed by atoms with Crippen molar-refractivity contribution in [2.24, 2.45) is 4.99 Å². The SMILES string of the molecule is Cc1cccc(C)c1N1/C(=N/C(=O)NCCC(C)c2ccc(-c3ncn(-c4ccc(OC(F)(F)F)cc4)n3)cc2)SCCC1C. The van der Waals surface area contributed by atoms with Gasteiger partial charge in [0.15, 0.2) is 11.0 Å². The van der Waals surface area contributed by atoms with E-state index in [4.69, 9.17) is 0 Å². The van der Waals surface area contributed by atoms with Gasteiger partial charge < -0.3 is 15.0 Å². The van der Waals surface area contributed by atoms with Crippen LogP contribution in [0.25, 0.3) is 17.1 Å². The van der Waals surface area contributed by atoms with E-state index in [1.165, 1.54) is 35.3 Å². The van der Waals surface area contributed by atoms with E-state index >= 15 is 0 Å². The Labute approximate surface area is 264 Å². The zero-order valence-electron chi connectivity index (χ0n) is 25.5. The van der Waals surface area contributed by atoms with Crippen LogP contribution in [-0.2, 0) is 0 Å². The summed E-state index contributed by atoms with van der Waals surface area (Å²) >= 11 is 1.62. The van der Waals surface area contributed by atoms with E-state index in [9.17, 15) is 18.0 Å². The number of alkyl halides is 3. The molecule has 2 heterocycles. The number of ether oxygens (including phenoxy) is 1. The largest absolute Gasteiger partial charge is 0.573 e. The molecule has 3 aromatic carbocycles. The van der Waals surface area contributed by atoms with Crippen LogP contribution in [0.2, 0.25) is 0 Å². The summed E-state index contributed by atoms with van der Waals surface area (Å²) in [7, 11) is 0. The molecule has 0 bridgehead atoms. The maximum atomic E-state index is 12.9. The number of aromatic nitrogens is 3. The van der Waals surface area contributed by atoms with Crippen molar-refractivity contribution in [2.75, 3.05) is 17.2 Å². The smallest absolute Gasteiger partial charge is 0.406 e. The van der Waals surface area contributed by atoms with Gasteiger partial charge in [0.2, 0.25) is 0 Å². The minimum Gasteiger partial charge on any atom is -0.406 e. The number of aryl methyl sites for hydroxylation is 2. The molecule has 1 fully saturated rings. The first-order valence-electron chi connectivity index (χ1n) is 14.7. The summed E-state index contributed by atoms with van der Waals surface area (Å²) in [5, 5.41) is 8.16. The Morgan fingerprint density at radius 2 is 1.78 bits per heavy atom. The quantitative estimate of drug-likeness (QED) is 0.211. The molecule has 2 atom stereocenters. The molecule has 2 unspecified atom stereocenters. The molecule has 1 saturated heterocycles. The van der Waals surface area contributed by atoms with Crippen LogP contribution in [0, 0.1) is 13.8 Å². The zero-order valence-corrected chi connectivity index (χ0v) is 26.3. The number of rotatable bonds is 8. The van der Waals surface area contributed by atoms with E-state index < -0.39 is 6.36 Å².